The molecule has 4 heteroatoms. The van der Waals surface area contributed by atoms with Gasteiger partial charge in [0.05, 0.1) is 12.1 Å². The highest BCUT2D eigenvalue weighted by Gasteiger charge is 2.17. The zero-order valence-electron chi connectivity index (χ0n) is 13.4. The summed E-state index contributed by atoms with van der Waals surface area (Å²) in [4.78, 5) is 9.58. The standard InChI is InChI=1S/C18H25N3O/c1-2-22-14-13-20-9-11-21(12-10-20)15-17-6-3-5-16-7-4-8-19-18(16)17/h3-8H,2,9-15H2,1H3. The highest BCUT2D eigenvalue weighted by Crippen LogP contribution is 2.18. The third-order valence-corrected chi connectivity index (χ3v) is 4.33. The van der Waals surface area contributed by atoms with Crippen LogP contribution in [-0.2, 0) is 11.3 Å². The average Bonchev–Trinajstić information content (AvgIpc) is 2.57. The maximum atomic E-state index is 5.44. The van der Waals surface area contributed by atoms with Crippen LogP contribution in [0, 0.1) is 0 Å². The molecule has 1 aliphatic heterocycles. The first kappa shape index (κ1) is 15.4. The van der Waals surface area contributed by atoms with Crippen LogP contribution in [0.1, 0.15) is 12.5 Å². The predicted molar refractivity (Wildman–Crippen MR) is 90.0 cm³/mol. The van der Waals surface area contributed by atoms with Gasteiger partial charge in [-0.05, 0) is 18.6 Å². The molecule has 0 bridgehead atoms. The molecule has 1 aliphatic rings. The van der Waals surface area contributed by atoms with Gasteiger partial charge >= 0.3 is 0 Å². The minimum atomic E-state index is 0.814. The van der Waals surface area contributed by atoms with Crippen molar-refractivity contribution in [1.82, 2.24) is 14.8 Å². The maximum Gasteiger partial charge on any atom is 0.0746 e. The lowest BCUT2D eigenvalue weighted by Gasteiger charge is -2.34. The Morgan fingerprint density at radius 3 is 2.64 bits per heavy atom. The first-order valence-corrected chi connectivity index (χ1v) is 8.22. The van der Waals surface area contributed by atoms with Gasteiger partial charge in [-0.3, -0.25) is 14.8 Å². The minimum absolute atomic E-state index is 0.814. The Morgan fingerprint density at radius 1 is 1.05 bits per heavy atom. The molecule has 4 nitrogen and oxygen atoms in total. The zero-order valence-corrected chi connectivity index (χ0v) is 13.4. The maximum absolute atomic E-state index is 5.44. The van der Waals surface area contributed by atoms with E-state index in [2.05, 4.69) is 46.0 Å². The second kappa shape index (κ2) is 7.68. The molecule has 0 amide bonds. The van der Waals surface area contributed by atoms with Crippen LogP contribution in [-0.4, -0.2) is 60.7 Å². The third-order valence-electron chi connectivity index (χ3n) is 4.33. The van der Waals surface area contributed by atoms with E-state index in [0.717, 1.165) is 58.0 Å². The number of ether oxygens (including phenoxy) is 1. The lowest BCUT2D eigenvalue weighted by molar-refractivity contribution is 0.0787. The number of hydrogen-bond acceptors (Lipinski definition) is 4. The molecule has 0 saturated carbocycles. The van der Waals surface area contributed by atoms with Crippen molar-refractivity contribution in [3.63, 3.8) is 0 Å². The van der Waals surface area contributed by atoms with Gasteiger partial charge in [0.15, 0.2) is 0 Å². The minimum Gasteiger partial charge on any atom is -0.380 e. The number of nitrogens with zero attached hydrogens (tertiary/aromatic N) is 3. The van der Waals surface area contributed by atoms with Crippen molar-refractivity contribution in [2.75, 3.05) is 45.9 Å². The van der Waals surface area contributed by atoms with Gasteiger partial charge in [-0.15, -0.1) is 0 Å². The van der Waals surface area contributed by atoms with E-state index in [-0.39, 0.29) is 0 Å². The van der Waals surface area contributed by atoms with Crippen LogP contribution < -0.4 is 0 Å². The molecule has 1 saturated heterocycles. The molecule has 118 valence electrons. The largest absolute Gasteiger partial charge is 0.380 e. The first-order chi connectivity index (χ1) is 10.9. The summed E-state index contributed by atoms with van der Waals surface area (Å²) < 4.78 is 5.44. The van der Waals surface area contributed by atoms with Gasteiger partial charge in [-0.1, -0.05) is 24.3 Å². The van der Waals surface area contributed by atoms with E-state index in [1.54, 1.807) is 0 Å². The number of pyridine rings is 1. The molecular weight excluding hydrogens is 274 g/mol. The van der Waals surface area contributed by atoms with Crippen LogP contribution in [0.15, 0.2) is 36.5 Å². The Balaban J connectivity index is 1.56. The van der Waals surface area contributed by atoms with Gasteiger partial charge in [-0.25, -0.2) is 0 Å². The summed E-state index contributed by atoms with van der Waals surface area (Å²) in [5.74, 6) is 0. The number of rotatable bonds is 6. The van der Waals surface area contributed by atoms with Crippen LogP contribution in [0.4, 0.5) is 0 Å². The number of aromatic nitrogens is 1. The Kier molecular flexibility index (Phi) is 5.38. The summed E-state index contributed by atoms with van der Waals surface area (Å²) in [6.45, 7) is 10.3. The van der Waals surface area contributed by atoms with Gasteiger partial charge in [0.1, 0.15) is 0 Å². The Labute approximate surface area is 132 Å². The van der Waals surface area contributed by atoms with Crippen LogP contribution in [0.3, 0.4) is 0 Å². The second-order valence-electron chi connectivity index (χ2n) is 5.81. The van der Waals surface area contributed by atoms with Crippen molar-refractivity contribution >= 4 is 10.9 Å². The van der Waals surface area contributed by atoms with Crippen molar-refractivity contribution in [1.29, 1.82) is 0 Å². The molecule has 0 atom stereocenters. The fourth-order valence-electron chi connectivity index (χ4n) is 3.04. The lowest BCUT2D eigenvalue weighted by atomic mass is 10.1. The molecule has 22 heavy (non-hydrogen) atoms. The van der Waals surface area contributed by atoms with Gasteiger partial charge in [0.25, 0.3) is 0 Å². The summed E-state index contributed by atoms with van der Waals surface area (Å²) in [6, 6.07) is 10.6. The van der Waals surface area contributed by atoms with E-state index in [9.17, 15) is 0 Å². The fraction of sp³-hybridized carbons (Fsp3) is 0.500. The Hall–Kier alpha value is -1.49. The molecule has 1 fully saturated rings. The zero-order chi connectivity index (χ0) is 15.2. The smallest absolute Gasteiger partial charge is 0.0746 e. The molecule has 1 aromatic heterocycles. The van der Waals surface area contributed by atoms with E-state index >= 15 is 0 Å². The average molecular weight is 299 g/mol. The van der Waals surface area contributed by atoms with Crippen LogP contribution >= 0.6 is 0 Å². The third kappa shape index (κ3) is 3.83. The highest BCUT2D eigenvalue weighted by atomic mass is 16.5. The molecule has 0 N–H and O–H groups in total. The van der Waals surface area contributed by atoms with E-state index in [1.165, 1.54) is 10.9 Å². The number of para-hydroxylation sites is 1. The molecule has 0 radical (unpaired) electrons. The summed E-state index contributed by atoms with van der Waals surface area (Å²) in [5.41, 5.74) is 2.48. The van der Waals surface area contributed by atoms with E-state index in [0.29, 0.717) is 0 Å². The molecule has 0 aliphatic carbocycles. The second-order valence-corrected chi connectivity index (χ2v) is 5.81. The van der Waals surface area contributed by atoms with Crippen LogP contribution in [0.25, 0.3) is 10.9 Å². The Morgan fingerprint density at radius 2 is 1.82 bits per heavy atom. The predicted octanol–water partition coefficient (Wildman–Crippen LogP) is 2.39. The molecule has 0 unspecified atom stereocenters. The lowest BCUT2D eigenvalue weighted by Crippen LogP contribution is -2.46. The normalized spacial score (nSPS) is 17.1. The molecule has 2 heterocycles. The van der Waals surface area contributed by atoms with Crippen molar-refractivity contribution in [3.05, 3.63) is 42.1 Å². The van der Waals surface area contributed by atoms with E-state index in [4.69, 9.17) is 4.74 Å². The van der Waals surface area contributed by atoms with Gasteiger partial charge in [0.2, 0.25) is 0 Å². The van der Waals surface area contributed by atoms with Crippen LogP contribution in [0.2, 0.25) is 0 Å². The number of fused-ring (bicyclic) bond motifs is 1. The highest BCUT2D eigenvalue weighted by molar-refractivity contribution is 5.81. The fourth-order valence-corrected chi connectivity index (χ4v) is 3.04. The van der Waals surface area contributed by atoms with E-state index < -0.39 is 0 Å². The molecule has 2 aromatic rings. The van der Waals surface area contributed by atoms with Gasteiger partial charge < -0.3 is 4.74 Å². The number of piperazine rings is 1. The van der Waals surface area contributed by atoms with Crippen molar-refractivity contribution < 1.29 is 4.74 Å². The number of hydrogen-bond donors (Lipinski definition) is 0. The molecule has 3 rings (SSSR count). The summed E-state index contributed by atoms with van der Waals surface area (Å²) in [6.07, 6.45) is 1.89. The van der Waals surface area contributed by atoms with Crippen LogP contribution in [0.5, 0.6) is 0 Å². The number of benzene rings is 1. The van der Waals surface area contributed by atoms with Crippen molar-refractivity contribution in [2.24, 2.45) is 0 Å². The quantitative estimate of drug-likeness (QED) is 0.766. The van der Waals surface area contributed by atoms with Crippen molar-refractivity contribution in [2.45, 2.75) is 13.5 Å². The van der Waals surface area contributed by atoms with Crippen molar-refractivity contribution in [3.8, 4) is 0 Å². The molecule has 1 aromatic carbocycles. The monoisotopic (exact) mass is 299 g/mol. The molecular formula is C18H25N3O. The first-order valence-electron chi connectivity index (χ1n) is 8.22. The summed E-state index contributed by atoms with van der Waals surface area (Å²) in [7, 11) is 0. The van der Waals surface area contributed by atoms with Gasteiger partial charge in [-0.2, -0.15) is 0 Å². The SMILES string of the molecule is CCOCCN1CCN(Cc2cccc3cccnc23)CC1. The summed E-state index contributed by atoms with van der Waals surface area (Å²) in [5, 5.41) is 1.23. The summed E-state index contributed by atoms with van der Waals surface area (Å²) >= 11 is 0. The molecule has 0 spiro atoms. The van der Waals surface area contributed by atoms with E-state index in [1.807, 2.05) is 12.3 Å². The topological polar surface area (TPSA) is 28.6 Å². The Bertz CT molecular complexity index is 588. The van der Waals surface area contributed by atoms with Gasteiger partial charge in [0, 0.05) is 57.5 Å².